The molecule has 0 heterocycles. The van der Waals surface area contributed by atoms with Crippen LogP contribution in [0.25, 0.3) is 0 Å². The van der Waals surface area contributed by atoms with E-state index in [1.807, 2.05) is 0 Å². The van der Waals surface area contributed by atoms with Crippen LogP contribution in [-0.2, 0) is 65.4 Å². The monoisotopic (exact) mass is 1400 g/mol. The average Bonchev–Trinajstić information content (AvgIpc) is 3.00. The van der Waals surface area contributed by atoms with Crippen molar-refractivity contribution in [1.29, 1.82) is 0 Å². The summed E-state index contributed by atoms with van der Waals surface area (Å²) < 4.78 is 68.5. The van der Waals surface area contributed by atoms with Crippen molar-refractivity contribution in [2.24, 2.45) is 11.8 Å². The van der Waals surface area contributed by atoms with Gasteiger partial charge in [-0.2, -0.15) is 0 Å². The molecule has 17 nitrogen and oxygen atoms in total. The molecule has 0 spiro atoms. The van der Waals surface area contributed by atoms with Gasteiger partial charge in [-0.25, -0.2) is 9.13 Å². The third-order valence-corrected chi connectivity index (χ3v) is 19.6. The predicted molar refractivity (Wildman–Crippen MR) is 386 cm³/mol. The highest BCUT2D eigenvalue weighted by molar-refractivity contribution is 7.47. The van der Waals surface area contributed by atoms with Crippen LogP contribution >= 0.6 is 15.6 Å². The molecule has 0 fully saturated rings. The van der Waals surface area contributed by atoms with Gasteiger partial charge in [0.1, 0.15) is 19.3 Å². The molecule has 5 atom stereocenters. The summed E-state index contributed by atoms with van der Waals surface area (Å²) in [7, 11) is -9.91. The average molecular weight is 1400 g/mol. The fourth-order valence-electron chi connectivity index (χ4n) is 11.7. The van der Waals surface area contributed by atoms with Gasteiger partial charge in [0.2, 0.25) is 0 Å². The van der Waals surface area contributed by atoms with Crippen molar-refractivity contribution in [3.8, 4) is 0 Å². The second-order valence-electron chi connectivity index (χ2n) is 28.3. The number of carbonyl (C=O) groups excluding carboxylic acids is 4. The topological polar surface area (TPSA) is 237 Å². The Kier molecular flexibility index (Phi) is 66.5. The lowest BCUT2D eigenvalue weighted by Crippen LogP contribution is -2.30. The van der Waals surface area contributed by atoms with Gasteiger partial charge in [-0.05, 0) is 37.5 Å². The molecule has 0 saturated heterocycles. The fourth-order valence-corrected chi connectivity index (χ4v) is 13.2. The highest BCUT2D eigenvalue weighted by Gasteiger charge is 2.30. The number of aliphatic hydroxyl groups is 1. The van der Waals surface area contributed by atoms with Gasteiger partial charge in [0.05, 0.1) is 26.4 Å². The van der Waals surface area contributed by atoms with E-state index in [0.717, 1.165) is 102 Å². The van der Waals surface area contributed by atoms with Crippen LogP contribution in [0, 0.1) is 11.8 Å². The molecule has 0 aromatic heterocycles. The molecule has 3 N–H and O–H groups in total. The van der Waals surface area contributed by atoms with Crippen molar-refractivity contribution in [3.05, 3.63) is 0 Å². The Labute approximate surface area is 581 Å². The van der Waals surface area contributed by atoms with E-state index in [4.69, 9.17) is 37.0 Å². The van der Waals surface area contributed by atoms with E-state index in [1.165, 1.54) is 212 Å². The lowest BCUT2D eigenvalue weighted by molar-refractivity contribution is -0.161. The summed E-state index contributed by atoms with van der Waals surface area (Å²) in [6.45, 7) is 9.62. The third-order valence-electron chi connectivity index (χ3n) is 17.7. The molecular formula is C76H148O17P2. The van der Waals surface area contributed by atoms with Crippen LogP contribution in [-0.4, -0.2) is 96.7 Å². The molecule has 0 amide bonds. The zero-order valence-electron chi connectivity index (χ0n) is 62.0. The lowest BCUT2D eigenvalue weighted by Gasteiger charge is -2.21. The van der Waals surface area contributed by atoms with Crippen LogP contribution in [0.3, 0.4) is 0 Å². The normalized spacial score (nSPS) is 14.0. The van der Waals surface area contributed by atoms with E-state index >= 15 is 0 Å². The minimum Gasteiger partial charge on any atom is -0.462 e. The van der Waals surface area contributed by atoms with Crippen LogP contribution < -0.4 is 0 Å². The van der Waals surface area contributed by atoms with E-state index in [2.05, 4.69) is 41.5 Å². The number of rotatable bonds is 75. The van der Waals surface area contributed by atoms with Crippen LogP contribution in [0.2, 0.25) is 0 Å². The van der Waals surface area contributed by atoms with Crippen molar-refractivity contribution < 1.29 is 80.2 Å². The minimum absolute atomic E-state index is 0.108. The number of phosphoric ester groups is 2. The zero-order valence-corrected chi connectivity index (χ0v) is 63.8. The van der Waals surface area contributed by atoms with E-state index in [-0.39, 0.29) is 25.7 Å². The van der Waals surface area contributed by atoms with Gasteiger partial charge >= 0.3 is 39.5 Å². The van der Waals surface area contributed by atoms with E-state index in [9.17, 15) is 43.2 Å². The van der Waals surface area contributed by atoms with Gasteiger partial charge in [0.15, 0.2) is 12.2 Å². The maximum atomic E-state index is 13.1. The number of esters is 4. The number of carbonyl (C=O) groups is 4. The Balaban J connectivity index is 5.22. The predicted octanol–water partition coefficient (Wildman–Crippen LogP) is 22.3. The first-order valence-electron chi connectivity index (χ1n) is 39.5. The summed E-state index contributed by atoms with van der Waals surface area (Å²) in [5, 5.41) is 10.6. The van der Waals surface area contributed by atoms with Gasteiger partial charge in [0, 0.05) is 25.7 Å². The first kappa shape index (κ1) is 93.1. The number of unbranched alkanes of at least 4 members (excludes halogenated alkanes) is 45. The molecule has 0 bridgehead atoms. The molecule has 0 aliphatic carbocycles. The second-order valence-corrected chi connectivity index (χ2v) is 31.3. The molecule has 0 aliphatic heterocycles. The lowest BCUT2D eigenvalue weighted by atomic mass is 10.0. The third kappa shape index (κ3) is 70.3. The van der Waals surface area contributed by atoms with Crippen molar-refractivity contribution >= 4 is 39.5 Å². The summed E-state index contributed by atoms with van der Waals surface area (Å²) in [4.78, 5) is 72.8. The summed E-state index contributed by atoms with van der Waals surface area (Å²) in [5.41, 5.74) is 0. The van der Waals surface area contributed by atoms with Crippen molar-refractivity contribution in [1.82, 2.24) is 0 Å². The summed E-state index contributed by atoms with van der Waals surface area (Å²) >= 11 is 0. The number of phosphoric acid groups is 2. The molecule has 0 saturated carbocycles. The Morgan fingerprint density at radius 1 is 0.284 bits per heavy atom. The Morgan fingerprint density at radius 2 is 0.484 bits per heavy atom. The van der Waals surface area contributed by atoms with Crippen molar-refractivity contribution in [2.45, 2.75) is 413 Å². The van der Waals surface area contributed by atoms with Crippen molar-refractivity contribution in [3.63, 3.8) is 0 Å². The largest absolute Gasteiger partial charge is 0.472 e. The molecule has 19 heteroatoms. The van der Waals surface area contributed by atoms with Crippen LogP contribution in [0.15, 0.2) is 0 Å². The Bertz CT molecular complexity index is 1840. The SMILES string of the molecule is CCCCCCCCCCCCCCCC(=O)O[C@H](COC(=O)CCCCCCCCCCC)COP(=O)(O)OC[C@H](O)COP(=O)(O)OC[C@@H](COC(=O)CCCCCCCCCCCCCC(C)C)OC(=O)CCCCCCCCCCCCCCCCCCC(C)C. The molecule has 0 aromatic rings. The van der Waals surface area contributed by atoms with Gasteiger partial charge in [0.25, 0.3) is 0 Å². The first-order chi connectivity index (χ1) is 45.9. The summed E-state index contributed by atoms with van der Waals surface area (Å²) in [6, 6.07) is 0. The summed E-state index contributed by atoms with van der Waals surface area (Å²) in [5.74, 6) is -0.535. The number of aliphatic hydroxyl groups excluding tert-OH is 1. The highest BCUT2D eigenvalue weighted by atomic mass is 31.2. The standard InChI is InChI=1S/C76H148O17P2/c1-7-9-11-13-15-17-18-23-29-36-42-48-54-60-75(80)92-71(64-86-73(78)58-52-46-40-32-16-14-12-10-8-2)66-90-94(82,83)88-62-70(77)63-89-95(84,85)91-67-72(65-87-74(79)59-53-47-41-35-31-26-28-34-39-45-51-57-69(5)6)93-76(81)61-55-49-43-37-30-25-22-20-19-21-24-27-33-38-44-50-56-68(3)4/h68-72,77H,7-67H2,1-6H3,(H,82,83)(H,84,85)/t70-,71+,72+/m0/s1. The maximum Gasteiger partial charge on any atom is 0.472 e. The smallest absolute Gasteiger partial charge is 0.462 e. The summed E-state index contributed by atoms with van der Waals surface area (Å²) in [6.07, 6.45) is 55.4. The van der Waals surface area contributed by atoms with E-state index in [1.54, 1.807) is 0 Å². The van der Waals surface area contributed by atoms with Gasteiger partial charge in [-0.15, -0.1) is 0 Å². The molecular weight excluding hydrogens is 1250 g/mol. The number of hydrogen-bond acceptors (Lipinski definition) is 15. The molecule has 0 aromatic carbocycles. The Morgan fingerprint density at radius 3 is 0.716 bits per heavy atom. The number of hydrogen-bond donors (Lipinski definition) is 3. The van der Waals surface area contributed by atoms with Gasteiger partial charge < -0.3 is 33.8 Å². The fraction of sp³-hybridized carbons (Fsp3) is 0.947. The molecule has 0 aliphatic rings. The maximum absolute atomic E-state index is 13.1. The van der Waals surface area contributed by atoms with Crippen LogP contribution in [0.5, 0.6) is 0 Å². The molecule has 0 radical (unpaired) electrons. The molecule has 2 unspecified atom stereocenters. The Hall–Kier alpha value is -1.94. The van der Waals surface area contributed by atoms with E-state index < -0.39 is 97.5 Å². The molecule has 0 rings (SSSR count). The molecule has 564 valence electrons. The highest BCUT2D eigenvalue weighted by Crippen LogP contribution is 2.45. The van der Waals surface area contributed by atoms with Crippen LogP contribution in [0.4, 0.5) is 0 Å². The zero-order chi connectivity index (χ0) is 70.0. The molecule has 95 heavy (non-hydrogen) atoms. The van der Waals surface area contributed by atoms with Gasteiger partial charge in [-0.1, -0.05) is 343 Å². The minimum atomic E-state index is -4.96. The first-order valence-corrected chi connectivity index (χ1v) is 42.5. The quantitative estimate of drug-likeness (QED) is 0.0222. The second kappa shape index (κ2) is 67.9. The van der Waals surface area contributed by atoms with E-state index in [0.29, 0.717) is 25.7 Å². The van der Waals surface area contributed by atoms with Crippen LogP contribution in [0.1, 0.15) is 395 Å². The van der Waals surface area contributed by atoms with Gasteiger partial charge in [-0.3, -0.25) is 37.3 Å². The van der Waals surface area contributed by atoms with Crippen molar-refractivity contribution in [2.75, 3.05) is 39.6 Å². The number of ether oxygens (including phenoxy) is 4.